The van der Waals surface area contributed by atoms with E-state index in [1.807, 2.05) is 24.3 Å². The highest BCUT2D eigenvalue weighted by Gasteiger charge is 2.36. The van der Waals surface area contributed by atoms with Gasteiger partial charge in [-0.25, -0.2) is 4.79 Å². The zero-order valence-corrected chi connectivity index (χ0v) is 10.9. The van der Waals surface area contributed by atoms with Gasteiger partial charge in [-0.15, -0.1) is 0 Å². The van der Waals surface area contributed by atoms with Crippen molar-refractivity contribution in [2.45, 2.75) is 18.4 Å². The van der Waals surface area contributed by atoms with Crippen LogP contribution in [0.25, 0.3) is 0 Å². The van der Waals surface area contributed by atoms with Crippen molar-refractivity contribution < 1.29 is 15.0 Å². The number of amides is 1. The summed E-state index contributed by atoms with van der Waals surface area (Å²) in [7, 11) is 0. The molecule has 2 N–H and O–H groups in total. The number of carboxylic acid groups (broad SMARTS) is 1. The van der Waals surface area contributed by atoms with Crippen LogP contribution in [0.3, 0.4) is 0 Å². The molecule has 0 aromatic heterocycles. The molecule has 1 atom stereocenters. The maximum atomic E-state index is 10.9. The molecule has 1 saturated heterocycles. The monoisotopic (exact) mass is 299 g/mol. The summed E-state index contributed by atoms with van der Waals surface area (Å²) in [5, 5.41) is 19.5. The van der Waals surface area contributed by atoms with Gasteiger partial charge in [0.2, 0.25) is 0 Å². The van der Waals surface area contributed by atoms with E-state index in [1.54, 1.807) is 0 Å². The Kier molecular flexibility index (Phi) is 3.40. The quantitative estimate of drug-likeness (QED) is 0.837. The van der Waals surface area contributed by atoms with E-state index in [-0.39, 0.29) is 6.54 Å². The van der Waals surface area contributed by atoms with E-state index in [9.17, 15) is 9.90 Å². The first-order chi connectivity index (χ1) is 8.01. The fourth-order valence-corrected chi connectivity index (χ4v) is 2.46. The second-order valence-electron chi connectivity index (χ2n) is 4.35. The lowest BCUT2D eigenvalue weighted by Gasteiger charge is -2.38. The molecule has 0 bridgehead atoms. The molecule has 0 spiro atoms. The molecule has 1 aliphatic rings. The highest BCUT2D eigenvalue weighted by Crippen LogP contribution is 2.32. The Morgan fingerprint density at radius 1 is 1.35 bits per heavy atom. The van der Waals surface area contributed by atoms with Gasteiger partial charge in [0, 0.05) is 11.0 Å². The number of hydrogen-bond donors (Lipinski definition) is 2. The van der Waals surface area contributed by atoms with Crippen molar-refractivity contribution in [3.05, 3.63) is 34.3 Å². The van der Waals surface area contributed by atoms with E-state index < -0.39 is 11.7 Å². The van der Waals surface area contributed by atoms with Crippen molar-refractivity contribution >= 4 is 22.0 Å². The number of halogens is 1. The van der Waals surface area contributed by atoms with Gasteiger partial charge in [0.05, 0.1) is 6.54 Å². The minimum Gasteiger partial charge on any atom is -0.465 e. The summed E-state index contributed by atoms with van der Waals surface area (Å²) < 4.78 is 0.941. The van der Waals surface area contributed by atoms with Gasteiger partial charge < -0.3 is 15.1 Å². The first-order valence-electron chi connectivity index (χ1n) is 5.47. The molecule has 0 radical (unpaired) electrons. The standard InChI is InChI=1S/C12H14BrNO3/c13-10-4-2-9(3-5-10)12(17)6-1-7-14(8-12)11(15)16/h2-5,17H,1,6-8H2,(H,15,16). The average molecular weight is 300 g/mol. The molecule has 92 valence electrons. The minimum absolute atomic E-state index is 0.143. The smallest absolute Gasteiger partial charge is 0.407 e. The summed E-state index contributed by atoms with van der Waals surface area (Å²) in [5.41, 5.74) is -0.288. The molecule has 5 heteroatoms. The Hall–Kier alpha value is -1.07. The van der Waals surface area contributed by atoms with E-state index in [0.717, 1.165) is 10.0 Å². The van der Waals surface area contributed by atoms with Gasteiger partial charge in [0.25, 0.3) is 0 Å². The molecule has 2 rings (SSSR count). The summed E-state index contributed by atoms with van der Waals surface area (Å²) in [6, 6.07) is 7.37. The predicted molar refractivity (Wildman–Crippen MR) is 66.9 cm³/mol. The number of likely N-dealkylation sites (tertiary alicyclic amines) is 1. The summed E-state index contributed by atoms with van der Waals surface area (Å²) in [6.45, 7) is 0.637. The summed E-state index contributed by atoms with van der Waals surface area (Å²) in [6.07, 6.45) is 0.303. The van der Waals surface area contributed by atoms with Crippen molar-refractivity contribution in [1.29, 1.82) is 0 Å². The maximum Gasteiger partial charge on any atom is 0.407 e. The molecule has 1 unspecified atom stereocenters. The fraction of sp³-hybridized carbons (Fsp3) is 0.417. The van der Waals surface area contributed by atoms with Gasteiger partial charge in [-0.2, -0.15) is 0 Å². The van der Waals surface area contributed by atoms with Crippen molar-refractivity contribution in [2.75, 3.05) is 13.1 Å². The number of nitrogens with zero attached hydrogens (tertiary/aromatic N) is 1. The molecule has 1 aromatic rings. The molecule has 17 heavy (non-hydrogen) atoms. The Bertz CT molecular complexity index is 420. The molecule has 1 fully saturated rings. The van der Waals surface area contributed by atoms with Crippen LogP contribution in [0.15, 0.2) is 28.7 Å². The molecule has 1 aromatic carbocycles. The van der Waals surface area contributed by atoms with E-state index in [4.69, 9.17) is 5.11 Å². The van der Waals surface area contributed by atoms with Crippen LogP contribution in [-0.2, 0) is 5.60 Å². The van der Waals surface area contributed by atoms with Gasteiger partial charge in [-0.3, -0.25) is 0 Å². The lowest BCUT2D eigenvalue weighted by molar-refractivity contribution is -0.0295. The van der Waals surface area contributed by atoms with E-state index in [0.29, 0.717) is 19.4 Å². The highest BCUT2D eigenvalue weighted by molar-refractivity contribution is 9.10. The summed E-state index contributed by atoms with van der Waals surface area (Å²) in [5.74, 6) is 0. The number of β-amino-alcohol motifs (C(OH)–C–C–N with tert-alkyl or cyclic N) is 1. The number of hydrogen-bond acceptors (Lipinski definition) is 2. The van der Waals surface area contributed by atoms with Crippen LogP contribution >= 0.6 is 15.9 Å². The Morgan fingerprint density at radius 3 is 2.59 bits per heavy atom. The number of piperidine rings is 1. The van der Waals surface area contributed by atoms with E-state index >= 15 is 0 Å². The Morgan fingerprint density at radius 2 is 2.00 bits per heavy atom. The topological polar surface area (TPSA) is 60.8 Å². The van der Waals surface area contributed by atoms with E-state index in [2.05, 4.69) is 15.9 Å². The van der Waals surface area contributed by atoms with Crippen LogP contribution in [0.5, 0.6) is 0 Å². The molecule has 1 amide bonds. The lowest BCUT2D eigenvalue weighted by Crippen LogP contribution is -2.48. The predicted octanol–water partition coefficient (Wildman–Crippen LogP) is 2.41. The average Bonchev–Trinajstić information content (AvgIpc) is 2.29. The zero-order valence-electron chi connectivity index (χ0n) is 9.27. The normalized spacial score (nSPS) is 24.7. The minimum atomic E-state index is -1.06. The van der Waals surface area contributed by atoms with Crippen molar-refractivity contribution in [1.82, 2.24) is 4.90 Å². The third-order valence-corrected chi connectivity index (χ3v) is 3.65. The van der Waals surface area contributed by atoms with E-state index in [1.165, 1.54) is 4.90 Å². The molecular formula is C12H14BrNO3. The number of benzene rings is 1. The Labute approximate surface area is 108 Å². The number of rotatable bonds is 1. The maximum absolute atomic E-state index is 10.9. The second kappa shape index (κ2) is 4.66. The molecule has 1 heterocycles. The summed E-state index contributed by atoms with van der Waals surface area (Å²) in [4.78, 5) is 12.2. The molecule has 4 nitrogen and oxygen atoms in total. The first kappa shape index (κ1) is 12.4. The fourth-order valence-electron chi connectivity index (χ4n) is 2.20. The lowest BCUT2D eigenvalue weighted by atomic mass is 9.86. The third kappa shape index (κ3) is 2.61. The number of aliphatic hydroxyl groups is 1. The van der Waals surface area contributed by atoms with Crippen molar-refractivity contribution in [3.8, 4) is 0 Å². The van der Waals surface area contributed by atoms with Crippen LogP contribution in [0.4, 0.5) is 4.79 Å². The molecular weight excluding hydrogens is 286 g/mol. The van der Waals surface area contributed by atoms with Gasteiger partial charge in [-0.1, -0.05) is 28.1 Å². The first-order valence-corrected chi connectivity index (χ1v) is 6.27. The van der Waals surface area contributed by atoms with Gasteiger partial charge in [0.15, 0.2) is 0 Å². The van der Waals surface area contributed by atoms with Crippen molar-refractivity contribution in [3.63, 3.8) is 0 Å². The van der Waals surface area contributed by atoms with Gasteiger partial charge >= 0.3 is 6.09 Å². The van der Waals surface area contributed by atoms with Crippen LogP contribution in [-0.4, -0.2) is 34.3 Å². The summed E-state index contributed by atoms with van der Waals surface area (Å²) >= 11 is 3.34. The largest absolute Gasteiger partial charge is 0.465 e. The molecule has 0 saturated carbocycles. The SMILES string of the molecule is O=C(O)N1CCCC(O)(c2ccc(Br)cc2)C1. The van der Waals surface area contributed by atoms with Crippen LogP contribution in [0.1, 0.15) is 18.4 Å². The van der Waals surface area contributed by atoms with Gasteiger partial charge in [-0.05, 0) is 30.5 Å². The second-order valence-corrected chi connectivity index (χ2v) is 5.26. The van der Waals surface area contributed by atoms with Crippen LogP contribution in [0, 0.1) is 0 Å². The van der Waals surface area contributed by atoms with Crippen molar-refractivity contribution in [2.24, 2.45) is 0 Å². The Balaban J connectivity index is 2.23. The van der Waals surface area contributed by atoms with Crippen LogP contribution < -0.4 is 0 Å². The highest BCUT2D eigenvalue weighted by atomic mass is 79.9. The molecule has 0 aliphatic carbocycles. The van der Waals surface area contributed by atoms with Gasteiger partial charge in [0.1, 0.15) is 5.60 Å². The zero-order chi connectivity index (χ0) is 12.5. The number of carbonyl (C=O) groups is 1. The third-order valence-electron chi connectivity index (χ3n) is 3.12. The van der Waals surface area contributed by atoms with Crippen LogP contribution in [0.2, 0.25) is 0 Å². The molecule has 1 aliphatic heterocycles.